The van der Waals surface area contributed by atoms with Crippen molar-refractivity contribution in [2.75, 3.05) is 5.43 Å². The Kier molecular flexibility index (Phi) is 4.07. The van der Waals surface area contributed by atoms with Crippen molar-refractivity contribution in [3.05, 3.63) is 41.5 Å². The van der Waals surface area contributed by atoms with Gasteiger partial charge in [0.05, 0.1) is 17.8 Å². The third kappa shape index (κ3) is 2.98. The molecule has 0 bridgehead atoms. The number of nitrogens with two attached hydrogens (primary N) is 1. The van der Waals surface area contributed by atoms with Gasteiger partial charge in [0.25, 0.3) is 0 Å². The average molecular weight is 295 g/mol. The Bertz CT molecular complexity index is 672. The van der Waals surface area contributed by atoms with Crippen LogP contribution in [0.15, 0.2) is 29.6 Å². The number of nitrogens with zero attached hydrogens (tertiary/aromatic N) is 1. The first-order valence-corrected chi connectivity index (χ1v) is 7.47. The van der Waals surface area contributed by atoms with Crippen molar-refractivity contribution in [3.63, 3.8) is 0 Å². The van der Waals surface area contributed by atoms with Gasteiger partial charge in [0, 0.05) is 17.6 Å². The number of anilines is 1. The molecular formula is C12H17N5O2S. The van der Waals surface area contributed by atoms with Gasteiger partial charge in [0.2, 0.25) is 10.0 Å². The van der Waals surface area contributed by atoms with E-state index in [9.17, 15) is 8.42 Å². The predicted molar refractivity (Wildman–Crippen MR) is 76.3 cm³/mol. The normalized spacial score (nSPS) is 11.6. The minimum absolute atomic E-state index is 0.165. The van der Waals surface area contributed by atoms with E-state index in [0.29, 0.717) is 22.5 Å². The SMILES string of the molecule is Cc1cc(NN)cc(C)c1S(=O)(=O)NCc1cnc[nH]1. The van der Waals surface area contributed by atoms with Crippen LogP contribution in [0.25, 0.3) is 0 Å². The molecule has 1 aromatic heterocycles. The molecule has 0 unspecified atom stereocenters. The van der Waals surface area contributed by atoms with Crippen LogP contribution in [0.4, 0.5) is 5.69 Å². The fourth-order valence-corrected chi connectivity index (χ4v) is 3.54. The highest BCUT2D eigenvalue weighted by atomic mass is 32.2. The van der Waals surface area contributed by atoms with Gasteiger partial charge in [-0.1, -0.05) is 0 Å². The van der Waals surface area contributed by atoms with Gasteiger partial charge in [0.15, 0.2) is 0 Å². The summed E-state index contributed by atoms with van der Waals surface area (Å²) in [5, 5.41) is 0. The van der Waals surface area contributed by atoms with Gasteiger partial charge >= 0.3 is 0 Å². The number of hydrogen-bond donors (Lipinski definition) is 4. The molecule has 20 heavy (non-hydrogen) atoms. The number of hydrogen-bond acceptors (Lipinski definition) is 5. The van der Waals surface area contributed by atoms with E-state index < -0.39 is 10.0 Å². The van der Waals surface area contributed by atoms with Crippen molar-refractivity contribution in [1.29, 1.82) is 0 Å². The Morgan fingerprint density at radius 3 is 2.45 bits per heavy atom. The molecule has 1 aromatic carbocycles. The molecule has 0 saturated carbocycles. The molecule has 2 aromatic rings. The van der Waals surface area contributed by atoms with Crippen LogP contribution in [0.1, 0.15) is 16.8 Å². The quantitative estimate of drug-likeness (QED) is 0.481. The molecule has 0 aliphatic heterocycles. The second-order valence-corrected chi connectivity index (χ2v) is 6.19. The lowest BCUT2D eigenvalue weighted by atomic mass is 10.1. The Morgan fingerprint density at radius 2 is 1.95 bits per heavy atom. The number of nitrogen functional groups attached to an aromatic ring is 1. The van der Waals surface area contributed by atoms with Crippen molar-refractivity contribution in [3.8, 4) is 0 Å². The molecule has 1 heterocycles. The van der Waals surface area contributed by atoms with E-state index in [1.54, 1.807) is 32.2 Å². The van der Waals surface area contributed by atoms with Crippen LogP contribution in [-0.2, 0) is 16.6 Å². The zero-order valence-corrected chi connectivity index (χ0v) is 12.1. The Hall–Kier alpha value is -1.90. The third-order valence-corrected chi connectivity index (χ3v) is 4.61. The van der Waals surface area contributed by atoms with Gasteiger partial charge in [0.1, 0.15) is 0 Å². The summed E-state index contributed by atoms with van der Waals surface area (Å²) in [5.41, 5.74) is 5.15. The maximum Gasteiger partial charge on any atom is 0.241 e. The van der Waals surface area contributed by atoms with Gasteiger partial charge in [-0.05, 0) is 37.1 Å². The molecule has 0 radical (unpaired) electrons. The summed E-state index contributed by atoms with van der Waals surface area (Å²) < 4.78 is 27.3. The Labute approximate surface area is 117 Å². The summed E-state index contributed by atoms with van der Waals surface area (Å²) >= 11 is 0. The van der Waals surface area contributed by atoms with Crippen LogP contribution in [0.2, 0.25) is 0 Å². The molecule has 0 spiro atoms. The molecule has 0 aliphatic carbocycles. The first kappa shape index (κ1) is 14.5. The summed E-state index contributed by atoms with van der Waals surface area (Å²) in [6, 6.07) is 3.38. The number of hydrazine groups is 1. The van der Waals surface area contributed by atoms with Gasteiger partial charge < -0.3 is 10.4 Å². The number of aromatic amines is 1. The van der Waals surface area contributed by atoms with Crippen molar-refractivity contribution in [2.24, 2.45) is 5.84 Å². The van der Waals surface area contributed by atoms with Crippen molar-refractivity contribution in [1.82, 2.24) is 14.7 Å². The van der Waals surface area contributed by atoms with Crippen LogP contribution in [-0.4, -0.2) is 18.4 Å². The van der Waals surface area contributed by atoms with E-state index >= 15 is 0 Å². The summed E-state index contributed by atoms with van der Waals surface area (Å²) in [7, 11) is -3.59. The first-order valence-electron chi connectivity index (χ1n) is 5.99. The van der Waals surface area contributed by atoms with Crippen LogP contribution < -0.4 is 16.0 Å². The number of H-pyrrole nitrogens is 1. The van der Waals surface area contributed by atoms with E-state index in [1.807, 2.05) is 0 Å². The van der Waals surface area contributed by atoms with Crippen molar-refractivity contribution in [2.45, 2.75) is 25.3 Å². The molecule has 108 valence electrons. The van der Waals surface area contributed by atoms with Crippen LogP contribution in [0.3, 0.4) is 0 Å². The van der Waals surface area contributed by atoms with E-state index in [4.69, 9.17) is 5.84 Å². The monoisotopic (exact) mass is 295 g/mol. The highest BCUT2D eigenvalue weighted by Crippen LogP contribution is 2.24. The first-order chi connectivity index (χ1) is 9.44. The Morgan fingerprint density at radius 1 is 1.30 bits per heavy atom. The summed E-state index contributed by atoms with van der Waals surface area (Å²) in [6.07, 6.45) is 3.07. The van der Waals surface area contributed by atoms with E-state index in [-0.39, 0.29) is 11.4 Å². The zero-order chi connectivity index (χ0) is 14.8. The van der Waals surface area contributed by atoms with Gasteiger partial charge in [-0.25, -0.2) is 18.1 Å². The fourth-order valence-electron chi connectivity index (χ4n) is 2.08. The fraction of sp³-hybridized carbons (Fsp3) is 0.250. The van der Waals surface area contributed by atoms with E-state index in [1.165, 1.54) is 6.33 Å². The number of imidazole rings is 1. The number of aromatic nitrogens is 2. The molecule has 0 aliphatic rings. The lowest BCUT2D eigenvalue weighted by Crippen LogP contribution is -2.25. The molecule has 0 atom stereocenters. The van der Waals surface area contributed by atoms with Crippen LogP contribution in [0.5, 0.6) is 0 Å². The molecule has 5 N–H and O–H groups in total. The zero-order valence-electron chi connectivity index (χ0n) is 11.3. The van der Waals surface area contributed by atoms with Gasteiger partial charge in [-0.15, -0.1) is 0 Å². The van der Waals surface area contributed by atoms with Crippen molar-refractivity contribution >= 4 is 15.7 Å². The summed E-state index contributed by atoms with van der Waals surface area (Å²) in [5.74, 6) is 5.34. The molecule has 0 fully saturated rings. The number of rotatable bonds is 5. The van der Waals surface area contributed by atoms with E-state index in [2.05, 4.69) is 20.1 Å². The van der Waals surface area contributed by atoms with Crippen molar-refractivity contribution < 1.29 is 8.42 Å². The number of nitrogens with one attached hydrogen (secondary N) is 3. The molecule has 0 saturated heterocycles. The summed E-state index contributed by atoms with van der Waals surface area (Å²) in [4.78, 5) is 6.96. The predicted octanol–water partition coefficient (Wildman–Crippen LogP) is 0.791. The maximum atomic E-state index is 12.4. The second kappa shape index (κ2) is 5.61. The van der Waals surface area contributed by atoms with Gasteiger partial charge in [-0.3, -0.25) is 5.84 Å². The molecule has 8 heteroatoms. The number of sulfonamides is 1. The lowest BCUT2D eigenvalue weighted by molar-refractivity contribution is 0.579. The molecule has 2 rings (SSSR count). The van der Waals surface area contributed by atoms with Crippen LogP contribution >= 0.6 is 0 Å². The van der Waals surface area contributed by atoms with Crippen LogP contribution in [0, 0.1) is 13.8 Å². The maximum absolute atomic E-state index is 12.4. The minimum Gasteiger partial charge on any atom is -0.347 e. The van der Waals surface area contributed by atoms with E-state index in [0.717, 1.165) is 0 Å². The number of aryl methyl sites for hydroxylation is 2. The highest BCUT2D eigenvalue weighted by Gasteiger charge is 2.20. The standard InChI is InChI=1S/C12H17N5O2S/c1-8-3-10(17-13)4-9(2)12(8)20(18,19)16-6-11-5-14-7-15-11/h3-5,7,16-17H,6,13H2,1-2H3,(H,14,15). The largest absolute Gasteiger partial charge is 0.347 e. The smallest absolute Gasteiger partial charge is 0.241 e. The Balaban J connectivity index is 2.29. The number of benzene rings is 1. The molecule has 0 amide bonds. The van der Waals surface area contributed by atoms with Gasteiger partial charge in [-0.2, -0.15) is 0 Å². The summed E-state index contributed by atoms with van der Waals surface area (Å²) in [6.45, 7) is 3.63. The molecular weight excluding hydrogens is 278 g/mol. The highest BCUT2D eigenvalue weighted by molar-refractivity contribution is 7.89. The average Bonchev–Trinajstić information content (AvgIpc) is 2.88. The molecule has 7 nitrogen and oxygen atoms in total. The lowest BCUT2D eigenvalue weighted by Gasteiger charge is -2.13. The minimum atomic E-state index is -3.59. The second-order valence-electron chi connectivity index (χ2n) is 4.48. The third-order valence-electron chi connectivity index (χ3n) is 2.90. The topological polar surface area (TPSA) is 113 Å².